The van der Waals surface area contributed by atoms with Crippen molar-refractivity contribution in [3.63, 3.8) is 0 Å². The first kappa shape index (κ1) is 21.1. The molecule has 1 saturated heterocycles. The molecule has 5 heteroatoms. The van der Waals surface area contributed by atoms with E-state index in [1.807, 2.05) is 19.1 Å². The van der Waals surface area contributed by atoms with E-state index in [2.05, 4.69) is 52.0 Å². The van der Waals surface area contributed by atoms with Gasteiger partial charge < -0.3 is 14.0 Å². The summed E-state index contributed by atoms with van der Waals surface area (Å²) in [6, 6.07) is 8.19. The van der Waals surface area contributed by atoms with Crippen LogP contribution in [-0.4, -0.2) is 30.9 Å². The quantitative estimate of drug-likeness (QED) is 0.553. The third-order valence-corrected chi connectivity index (χ3v) is 6.48. The standard InChI is InChI=1S/C23H33BO4/c1-6-26-20(25)23(15-8-7-9-16-23)17-14-18-10-12-19(13-11-18)24-27-21(2,3)22(4,5)28-24/h10-14,17H,6-9,15-16H2,1-5H3/b17-14+. The molecule has 4 nitrogen and oxygen atoms in total. The average molecular weight is 384 g/mol. The molecule has 0 atom stereocenters. The molecule has 0 amide bonds. The first-order valence-electron chi connectivity index (χ1n) is 10.5. The van der Waals surface area contributed by atoms with Crippen molar-refractivity contribution in [1.29, 1.82) is 0 Å². The molecule has 1 saturated carbocycles. The Morgan fingerprint density at radius 3 is 2.14 bits per heavy atom. The molecular weight excluding hydrogens is 351 g/mol. The summed E-state index contributed by atoms with van der Waals surface area (Å²) in [7, 11) is -0.354. The van der Waals surface area contributed by atoms with Gasteiger partial charge in [0.1, 0.15) is 0 Å². The lowest BCUT2D eigenvalue weighted by molar-refractivity contribution is -0.154. The highest BCUT2D eigenvalue weighted by atomic mass is 16.7. The van der Waals surface area contributed by atoms with Gasteiger partial charge in [0.25, 0.3) is 0 Å². The first-order valence-corrected chi connectivity index (χ1v) is 10.5. The van der Waals surface area contributed by atoms with E-state index in [1.54, 1.807) is 0 Å². The molecule has 0 spiro atoms. The molecule has 3 rings (SSSR count). The monoisotopic (exact) mass is 384 g/mol. The molecule has 2 aliphatic rings. The maximum atomic E-state index is 12.6. The van der Waals surface area contributed by atoms with Crippen molar-refractivity contribution in [1.82, 2.24) is 0 Å². The van der Waals surface area contributed by atoms with Gasteiger partial charge in [0.05, 0.1) is 23.2 Å². The lowest BCUT2D eigenvalue weighted by atomic mass is 9.73. The van der Waals surface area contributed by atoms with Gasteiger partial charge in [-0.3, -0.25) is 4.79 Å². The van der Waals surface area contributed by atoms with Crippen molar-refractivity contribution in [3.8, 4) is 0 Å². The number of hydrogen-bond acceptors (Lipinski definition) is 4. The fourth-order valence-electron chi connectivity index (χ4n) is 3.90. The molecule has 2 fully saturated rings. The molecule has 1 aliphatic heterocycles. The van der Waals surface area contributed by atoms with Crippen LogP contribution in [0.4, 0.5) is 0 Å². The van der Waals surface area contributed by atoms with Crippen LogP contribution < -0.4 is 5.46 Å². The molecule has 0 bridgehead atoms. The summed E-state index contributed by atoms with van der Waals surface area (Å²) in [5, 5.41) is 0. The van der Waals surface area contributed by atoms with E-state index >= 15 is 0 Å². The second kappa shape index (κ2) is 8.04. The van der Waals surface area contributed by atoms with Crippen LogP contribution in [0.1, 0.15) is 72.3 Å². The number of benzene rings is 1. The number of rotatable bonds is 5. The van der Waals surface area contributed by atoms with Crippen LogP contribution in [0.25, 0.3) is 6.08 Å². The Labute approximate surface area is 169 Å². The lowest BCUT2D eigenvalue weighted by Gasteiger charge is -2.32. The summed E-state index contributed by atoms with van der Waals surface area (Å²) in [5.41, 5.74) is 0.911. The Bertz CT molecular complexity index is 699. The van der Waals surface area contributed by atoms with Gasteiger partial charge in [-0.15, -0.1) is 0 Å². The Kier molecular flexibility index (Phi) is 6.07. The van der Waals surface area contributed by atoms with Crippen molar-refractivity contribution < 1.29 is 18.8 Å². The Morgan fingerprint density at radius 2 is 1.61 bits per heavy atom. The SMILES string of the molecule is CCOC(=O)C1(/C=C/c2ccc(B3OC(C)(C)C(C)(C)O3)cc2)CCCCC1. The number of carbonyl (C=O) groups is 1. The van der Waals surface area contributed by atoms with Gasteiger partial charge in [-0.05, 0) is 58.5 Å². The molecule has 0 N–H and O–H groups in total. The lowest BCUT2D eigenvalue weighted by Crippen LogP contribution is -2.41. The predicted molar refractivity (Wildman–Crippen MR) is 113 cm³/mol. The van der Waals surface area contributed by atoms with Crippen LogP contribution in [0.5, 0.6) is 0 Å². The van der Waals surface area contributed by atoms with E-state index in [-0.39, 0.29) is 24.3 Å². The van der Waals surface area contributed by atoms with Crippen molar-refractivity contribution in [2.75, 3.05) is 6.61 Å². The fourth-order valence-corrected chi connectivity index (χ4v) is 3.90. The molecule has 1 heterocycles. The normalized spacial score (nSPS) is 23.1. The fraction of sp³-hybridized carbons (Fsp3) is 0.609. The molecule has 28 heavy (non-hydrogen) atoms. The van der Waals surface area contributed by atoms with Crippen molar-refractivity contribution >= 4 is 24.6 Å². The zero-order valence-corrected chi connectivity index (χ0v) is 17.9. The van der Waals surface area contributed by atoms with Gasteiger partial charge in [-0.2, -0.15) is 0 Å². The van der Waals surface area contributed by atoms with Crippen LogP contribution in [0.2, 0.25) is 0 Å². The van der Waals surface area contributed by atoms with Gasteiger partial charge in [0.2, 0.25) is 0 Å². The van der Waals surface area contributed by atoms with Gasteiger partial charge in [-0.1, -0.05) is 55.7 Å². The summed E-state index contributed by atoms with van der Waals surface area (Å²) in [6.45, 7) is 10.5. The van der Waals surface area contributed by atoms with E-state index in [9.17, 15) is 4.79 Å². The third-order valence-electron chi connectivity index (χ3n) is 6.48. The van der Waals surface area contributed by atoms with Gasteiger partial charge >= 0.3 is 13.1 Å². The Morgan fingerprint density at radius 1 is 1.04 bits per heavy atom. The highest BCUT2D eigenvalue weighted by Gasteiger charge is 2.51. The van der Waals surface area contributed by atoms with E-state index in [1.165, 1.54) is 6.42 Å². The number of ether oxygens (including phenoxy) is 1. The summed E-state index contributed by atoms with van der Waals surface area (Å²) in [5.74, 6) is -0.0835. The van der Waals surface area contributed by atoms with E-state index in [0.29, 0.717) is 6.61 Å². The Hall–Kier alpha value is -1.59. The first-order chi connectivity index (χ1) is 13.2. The number of hydrogen-bond donors (Lipinski definition) is 0. The smallest absolute Gasteiger partial charge is 0.465 e. The van der Waals surface area contributed by atoms with Gasteiger partial charge in [0.15, 0.2) is 0 Å². The second-order valence-electron chi connectivity index (χ2n) is 9.03. The van der Waals surface area contributed by atoms with Crippen LogP contribution in [-0.2, 0) is 18.8 Å². The van der Waals surface area contributed by atoms with Crippen molar-refractivity contribution in [2.24, 2.45) is 5.41 Å². The van der Waals surface area contributed by atoms with E-state index in [0.717, 1.165) is 36.7 Å². The maximum absolute atomic E-state index is 12.6. The van der Waals surface area contributed by atoms with Crippen molar-refractivity contribution in [3.05, 3.63) is 35.9 Å². The average Bonchev–Trinajstić information content (AvgIpc) is 2.89. The van der Waals surface area contributed by atoms with Crippen LogP contribution in [0, 0.1) is 5.41 Å². The summed E-state index contributed by atoms with van der Waals surface area (Å²) in [6.07, 6.45) is 9.19. The second-order valence-corrected chi connectivity index (χ2v) is 9.03. The van der Waals surface area contributed by atoms with E-state index < -0.39 is 5.41 Å². The molecule has 0 aromatic heterocycles. The molecule has 1 aliphatic carbocycles. The minimum absolute atomic E-state index is 0.0835. The maximum Gasteiger partial charge on any atom is 0.494 e. The van der Waals surface area contributed by atoms with Gasteiger partial charge in [-0.25, -0.2) is 0 Å². The minimum atomic E-state index is -0.474. The Balaban J connectivity index is 1.74. The zero-order valence-electron chi connectivity index (χ0n) is 17.9. The summed E-state index contributed by atoms with van der Waals surface area (Å²) >= 11 is 0. The van der Waals surface area contributed by atoms with Gasteiger partial charge in [0, 0.05) is 0 Å². The molecule has 1 aromatic carbocycles. The largest absolute Gasteiger partial charge is 0.494 e. The van der Waals surface area contributed by atoms with Crippen LogP contribution in [0.3, 0.4) is 0 Å². The highest BCUT2D eigenvalue weighted by molar-refractivity contribution is 6.62. The van der Waals surface area contributed by atoms with Crippen molar-refractivity contribution in [2.45, 2.75) is 77.9 Å². The predicted octanol–water partition coefficient (Wildman–Crippen LogP) is 4.51. The molecular formula is C23H33BO4. The number of esters is 1. The summed E-state index contributed by atoms with van der Waals surface area (Å²) < 4.78 is 17.6. The van der Waals surface area contributed by atoms with E-state index in [4.69, 9.17) is 14.0 Å². The summed E-state index contributed by atoms with van der Waals surface area (Å²) in [4.78, 5) is 12.6. The third kappa shape index (κ3) is 4.21. The topological polar surface area (TPSA) is 44.8 Å². The molecule has 152 valence electrons. The van der Waals surface area contributed by atoms with Crippen LogP contribution in [0.15, 0.2) is 30.3 Å². The zero-order chi connectivity index (χ0) is 20.4. The molecule has 0 radical (unpaired) electrons. The number of carbonyl (C=O) groups excluding carboxylic acids is 1. The molecule has 1 aromatic rings. The van der Waals surface area contributed by atoms with Crippen LogP contribution >= 0.6 is 0 Å². The molecule has 0 unspecified atom stereocenters. The highest BCUT2D eigenvalue weighted by Crippen LogP contribution is 2.39. The minimum Gasteiger partial charge on any atom is -0.465 e.